The SMILES string of the molecule is O=C1c2c(O)ccc(O)c2C(=O)c2c(NCCNCCO)ccc(NCCNCCO)c21.O=C1c2c(O)ccc(O)c2C(=O)c2c(NCCNCCO)ccc(NCCNCCO)c21.O=C1c2c(O)ccc(O)c2C(=O)c2c(NCCNCCO)ccc(NCCNCCO)c21. The lowest BCUT2D eigenvalue weighted by molar-refractivity contribution is 0.0975. The van der Waals surface area contributed by atoms with Gasteiger partial charge in [-0.3, -0.25) is 28.8 Å². The van der Waals surface area contributed by atoms with Crippen LogP contribution < -0.4 is 63.8 Å². The normalized spacial score (nSPS) is 12.4. The fourth-order valence-electron chi connectivity index (χ4n) is 10.9. The molecule has 0 atom stereocenters. The Morgan fingerprint density at radius 3 is 0.448 bits per heavy atom. The number of aliphatic hydroxyl groups excluding tert-OH is 6. The van der Waals surface area contributed by atoms with Crippen LogP contribution in [0, 0.1) is 0 Å². The first kappa shape index (κ1) is 73.9. The van der Waals surface area contributed by atoms with Gasteiger partial charge < -0.3 is 125 Å². The Morgan fingerprint density at radius 2 is 0.323 bits per heavy atom. The van der Waals surface area contributed by atoms with Crippen molar-refractivity contribution in [3.63, 3.8) is 0 Å². The van der Waals surface area contributed by atoms with Gasteiger partial charge in [-0.05, 0) is 72.8 Å². The zero-order valence-electron chi connectivity index (χ0n) is 52.7. The van der Waals surface area contributed by atoms with Crippen molar-refractivity contribution in [2.75, 3.05) is 189 Å². The van der Waals surface area contributed by atoms with E-state index in [0.717, 1.165) is 0 Å². The molecule has 0 amide bonds. The van der Waals surface area contributed by atoms with Crippen LogP contribution in [-0.2, 0) is 0 Å². The largest absolute Gasteiger partial charge is 0.507 e. The number of carbonyl (C=O) groups excluding carboxylic acids is 6. The van der Waals surface area contributed by atoms with Gasteiger partial charge in [0.25, 0.3) is 0 Å². The van der Waals surface area contributed by atoms with Crippen LogP contribution in [0.5, 0.6) is 34.5 Å². The van der Waals surface area contributed by atoms with Crippen LogP contribution in [0.4, 0.5) is 34.1 Å². The molecule has 0 aliphatic heterocycles. The highest BCUT2D eigenvalue weighted by Crippen LogP contribution is 2.46. The predicted molar refractivity (Wildman–Crippen MR) is 360 cm³/mol. The minimum atomic E-state index is -0.559. The summed E-state index contributed by atoms with van der Waals surface area (Å²) in [7, 11) is 0. The molecule has 0 bridgehead atoms. The van der Waals surface area contributed by atoms with Crippen molar-refractivity contribution >= 4 is 68.8 Å². The molecule has 0 heterocycles. The number of hydrogen-bond donors (Lipinski definition) is 24. The first-order valence-electron chi connectivity index (χ1n) is 31.3. The second-order valence-electron chi connectivity index (χ2n) is 21.7. The van der Waals surface area contributed by atoms with E-state index < -0.39 is 34.7 Å². The van der Waals surface area contributed by atoms with Crippen molar-refractivity contribution in [3.8, 4) is 34.5 Å². The van der Waals surface area contributed by atoms with Gasteiger partial charge in [-0.25, -0.2) is 0 Å². The van der Waals surface area contributed by atoms with Gasteiger partial charge in [-0.1, -0.05) is 0 Å². The fourth-order valence-corrected chi connectivity index (χ4v) is 10.9. The monoisotopic (exact) mass is 1330 g/mol. The van der Waals surface area contributed by atoms with Gasteiger partial charge in [-0.2, -0.15) is 0 Å². The molecule has 0 saturated carbocycles. The number of phenols is 6. The number of hydrogen-bond acceptors (Lipinski definition) is 30. The molecular weight excluding hydrogens is 1250 g/mol. The summed E-state index contributed by atoms with van der Waals surface area (Å²) < 4.78 is 0. The van der Waals surface area contributed by atoms with Crippen LogP contribution in [-0.4, -0.2) is 253 Å². The topological polar surface area (TPSA) is 490 Å². The highest BCUT2D eigenvalue weighted by molar-refractivity contribution is 6.35. The zero-order chi connectivity index (χ0) is 69.3. The van der Waals surface area contributed by atoms with Crippen molar-refractivity contribution in [1.29, 1.82) is 0 Å². The first-order chi connectivity index (χ1) is 46.5. The third-order valence-electron chi connectivity index (χ3n) is 15.3. The molecule has 516 valence electrons. The zero-order valence-corrected chi connectivity index (χ0v) is 52.7. The summed E-state index contributed by atoms with van der Waals surface area (Å²) in [5.74, 6) is -5.58. The molecule has 3 aliphatic carbocycles. The van der Waals surface area contributed by atoms with Crippen molar-refractivity contribution < 1.29 is 90.0 Å². The molecule has 9 rings (SSSR count). The Kier molecular flexibility index (Phi) is 28.4. The summed E-state index contributed by atoms with van der Waals surface area (Å²) in [4.78, 5) is 80.2. The number of rotatable bonds is 36. The molecule has 6 aromatic rings. The average molecular weight is 1330 g/mol. The summed E-state index contributed by atoms with van der Waals surface area (Å²) in [5, 5.41) is 152. The summed E-state index contributed by atoms with van der Waals surface area (Å²) in [5.41, 5.74) is 2.03. The van der Waals surface area contributed by atoms with E-state index in [1.165, 1.54) is 36.4 Å². The number of benzene rings is 6. The molecule has 0 saturated heterocycles. The maximum absolute atomic E-state index is 13.4. The molecule has 0 aromatic heterocycles. The number of aromatic hydroxyl groups is 6. The number of fused-ring (bicyclic) bond motifs is 6. The van der Waals surface area contributed by atoms with Gasteiger partial charge in [0.2, 0.25) is 34.7 Å². The third kappa shape index (κ3) is 17.7. The Morgan fingerprint density at radius 1 is 0.188 bits per heavy atom. The molecule has 0 fully saturated rings. The van der Waals surface area contributed by atoms with Gasteiger partial charge in [0.05, 0.1) is 106 Å². The molecule has 3 aliphatic rings. The van der Waals surface area contributed by atoms with Crippen molar-refractivity contribution in [2.45, 2.75) is 0 Å². The first-order valence-corrected chi connectivity index (χ1v) is 31.3. The summed E-state index contributed by atoms with van der Waals surface area (Å²) in [6.45, 7) is 8.43. The fraction of sp³-hybridized carbons (Fsp3) is 0.364. The van der Waals surface area contributed by atoms with E-state index in [4.69, 9.17) is 30.6 Å². The molecule has 0 spiro atoms. The standard InChI is InChI=1S/3C22H28N4O6/c3*27-11-9-23-5-7-25-13-1-2-14(26-8-6-24-10-12-28)18-17(13)21(31)19-15(29)3-4-16(30)20(19)22(18)32/h3*1-4,23-30H,5-12H2. The van der Waals surface area contributed by atoms with E-state index in [-0.39, 0.29) is 141 Å². The van der Waals surface area contributed by atoms with Crippen LogP contribution >= 0.6 is 0 Å². The van der Waals surface area contributed by atoms with E-state index in [9.17, 15) is 59.4 Å². The van der Waals surface area contributed by atoms with Crippen LogP contribution in [0.2, 0.25) is 0 Å². The quantitative estimate of drug-likeness (QED) is 0.0175. The molecular formula is C66H84N12O18. The van der Waals surface area contributed by atoms with Gasteiger partial charge in [-0.15, -0.1) is 0 Å². The van der Waals surface area contributed by atoms with Gasteiger partial charge >= 0.3 is 0 Å². The van der Waals surface area contributed by atoms with Crippen LogP contribution in [0.1, 0.15) is 95.5 Å². The highest BCUT2D eigenvalue weighted by atomic mass is 16.3. The molecule has 24 N–H and O–H groups in total. The van der Waals surface area contributed by atoms with Crippen LogP contribution in [0.3, 0.4) is 0 Å². The Bertz CT molecular complexity index is 3130. The third-order valence-corrected chi connectivity index (χ3v) is 15.3. The van der Waals surface area contributed by atoms with Crippen LogP contribution in [0.15, 0.2) is 72.8 Å². The van der Waals surface area contributed by atoms with Crippen LogP contribution in [0.25, 0.3) is 0 Å². The number of nitrogens with one attached hydrogen (secondary N) is 12. The average Bonchev–Trinajstić information content (AvgIpc) is 0.751. The number of anilines is 6. The van der Waals surface area contributed by atoms with E-state index in [0.29, 0.717) is 152 Å². The smallest absolute Gasteiger partial charge is 0.200 e. The summed E-state index contributed by atoms with van der Waals surface area (Å²) in [6, 6.07) is 17.2. The van der Waals surface area contributed by atoms with E-state index in [2.05, 4.69) is 63.8 Å². The van der Waals surface area contributed by atoms with E-state index in [1.807, 2.05) is 0 Å². The maximum Gasteiger partial charge on any atom is 0.200 e. The van der Waals surface area contributed by atoms with E-state index >= 15 is 0 Å². The highest BCUT2D eigenvalue weighted by Gasteiger charge is 2.41. The molecule has 0 radical (unpaired) electrons. The Labute approximate surface area is 552 Å². The summed E-state index contributed by atoms with van der Waals surface area (Å²) >= 11 is 0. The van der Waals surface area contributed by atoms with Crippen molar-refractivity contribution in [1.82, 2.24) is 31.9 Å². The minimum Gasteiger partial charge on any atom is -0.507 e. The molecule has 96 heavy (non-hydrogen) atoms. The number of ketones is 6. The second-order valence-corrected chi connectivity index (χ2v) is 21.7. The Hall–Kier alpha value is -9.54. The lowest BCUT2D eigenvalue weighted by atomic mass is 9.81. The van der Waals surface area contributed by atoms with Gasteiger partial charge in [0, 0.05) is 152 Å². The lowest BCUT2D eigenvalue weighted by Gasteiger charge is -2.25. The molecule has 0 unspecified atom stereocenters. The minimum absolute atomic E-state index is 0.00939. The maximum atomic E-state index is 13.4. The summed E-state index contributed by atoms with van der Waals surface area (Å²) in [6.07, 6.45) is 0. The Balaban J connectivity index is 0.000000203. The number of phenolic OH excluding ortho intramolecular Hbond substituents is 6. The lowest BCUT2D eigenvalue weighted by Crippen LogP contribution is -2.28. The van der Waals surface area contributed by atoms with Crippen molar-refractivity contribution in [2.24, 2.45) is 0 Å². The van der Waals surface area contributed by atoms with E-state index in [1.54, 1.807) is 36.4 Å². The van der Waals surface area contributed by atoms with Crippen molar-refractivity contribution in [3.05, 3.63) is 140 Å². The molecule has 6 aromatic carbocycles. The second kappa shape index (κ2) is 36.9. The predicted octanol–water partition coefficient (Wildman–Crippen LogP) is -0.418. The van der Waals surface area contributed by atoms with Gasteiger partial charge in [0.1, 0.15) is 34.5 Å². The number of aliphatic hydroxyl groups is 6. The van der Waals surface area contributed by atoms with Gasteiger partial charge in [0.15, 0.2) is 0 Å². The molecule has 30 nitrogen and oxygen atoms in total. The number of carbonyl (C=O) groups is 6. The molecule has 30 heteroatoms.